The van der Waals surface area contributed by atoms with Gasteiger partial charge in [0.2, 0.25) is 0 Å². The van der Waals surface area contributed by atoms with Crippen LogP contribution in [-0.2, 0) is 22.7 Å². The predicted octanol–water partition coefficient (Wildman–Crippen LogP) is 3.75. The maximum atomic E-state index is 13.9. The highest BCUT2D eigenvalue weighted by atomic mass is 19.1. The minimum atomic E-state index is -0.784. The number of hydrogen-bond donors (Lipinski definition) is 2. The van der Waals surface area contributed by atoms with Crippen LogP contribution in [0.2, 0.25) is 0 Å². The maximum Gasteiger partial charge on any atom is 0.183 e. The Bertz CT molecular complexity index is 808. The third-order valence-corrected chi connectivity index (χ3v) is 3.34. The molecule has 0 aromatic heterocycles. The molecule has 0 heterocycles. The lowest BCUT2D eigenvalue weighted by Gasteiger charge is -2.09. The molecule has 2 aromatic carbocycles. The fourth-order valence-corrected chi connectivity index (χ4v) is 1.99. The summed E-state index contributed by atoms with van der Waals surface area (Å²) in [5.41, 5.74) is 7.15. The molecular weight excluding hydrogens is 352 g/mol. The Kier molecular flexibility index (Phi) is 7.99. The van der Waals surface area contributed by atoms with Crippen molar-refractivity contribution in [1.29, 1.82) is 0 Å². The Morgan fingerprint density at radius 3 is 2.59 bits per heavy atom. The quantitative estimate of drug-likeness (QED) is 0.288. The molecule has 0 bridgehead atoms. The molecule has 0 saturated heterocycles. The number of ether oxygens (including phenoxy) is 2. The second kappa shape index (κ2) is 10.7. The summed E-state index contributed by atoms with van der Waals surface area (Å²) in [6.07, 6.45) is 0.976. The lowest BCUT2D eigenvalue weighted by atomic mass is 10.2. The summed E-state index contributed by atoms with van der Waals surface area (Å²) in [4.78, 5) is 3.80. The zero-order valence-electron chi connectivity index (χ0n) is 14.7. The van der Waals surface area contributed by atoms with Crippen LogP contribution in [0.15, 0.2) is 84.1 Å². The molecule has 2 aromatic rings. The molecule has 0 atom stereocenters. The third-order valence-electron chi connectivity index (χ3n) is 3.34. The first-order chi connectivity index (χ1) is 13.0. The van der Waals surface area contributed by atoms with Gasteiger partial charge in [-0.25, -0.2) is 13.8 Å². The van der Waals surface area contributed by atoms with E-state index in [2.05, 4.69) is 16.9 Å². The molecule has 0 fully saturated rings. The molecule has 142 valence electrons. The molecule has 0 radical (unpaired) electrons. The van der Waals surface area contributed by atoms with Gasteiger partial charge in [0, 0.05) is 6.20 Å². The number of nitrogens with two attached hydrogens (primary N) is 1. The fourth-order valence-electron chi connectivity index (χ4n) is 1.99. The fraction of sp³-hybridized carbons (Fsp3) is 0.150. The van der Waals surface area contributed by atoms with Crippen molar-refractivity contribution in [2.24, 2.45) is 10.7 Å². The van der Waals surface area contributed by atoms with Crippen molar-refractivity contribution in [2.45, 2.75) is 13.2 Å². The van der Waals surface area contributed by atoms with Crippen LogP contribution in [0.3, 0.4) is 0 Å². The first kappa shape index (κ1) is 20.1. The Balaban J connectivity index is 1.71. The molecule has 27 heavy (non-hydrogen) atoms. The van der Waals surface area contributed by atoms with Gasteiger partial charge in [-0.15, -0.1) is 0 Å². The van der Waals surface area contributed by atoms with E-state index in [-0.39, 0.29) is 30.9 Å². The van der Waals surface area contributed by atoms with E-state index in [9.17, 15) is 8.78 Å². The molecular formula is C20H21F2N3O2. The molecule has 5 nitrogen and oxygen atoms in total. The second-order valence-electron chi connectivity index (χ2n) is 5.48. The van der Waals surface area contributed by atoms with Crippen LogP contribution >= 0.6 is 0 Å². The van der Waals surface area contributed by atoms with E-state index in [1.165, 1.54) is 12.1 Å². The topological polar surface area (TPSA) is 68.9 Å². The van der Waals surface area contributed by atoms with Crippen LogP contribution in [0.4, 0.5) is 8.78 Å². The minimum absolute atomic E-state index is 0.0704. The van der Waals surface area contributed by atoms with E-state index in [4.69, 9.17) is 15.2 Å². The summed E-state index contributed by atoms with van der Waals surface area (Å²) in [6.45, 7) is 3.96. The van der Waals surface area contributed by atoms with E-state index in [0.29, 0.717) is 12.2 Å². The first-order valence-electron chi connectivity index (χ1n) is 8.15. The maximum absolute atomic E-state index is 13.9. The average molecular weight is 373 g/mol. The molecule has 2 rings (SSSR count). The van der Waals surface area contributed by atoms with Gasteiger partial charge in [0.05, 0.1) is 6.61 Å². The second-order valence-corrected chi connectivity index (χ2v) is 5.48. The molecule has 0 spiro atoms. The van der Waals surface area contributed by atoms with Crippen LogP contribution < -0.4 is 11.1 Å². The monoisotopic (exact) mass is 373 g/mol. The van der Waals surface area contributed by atoms with Crippen molar-refractivity contribution < 1.29 is 18.3 Å². The zero-order valence-corrected chi connectivity index (χ0v) is 14.7. The Morgan fingerprint density at radius 1 is 1.11 bits per heavy atom. The Morgan fingerprint density at radius 2 is 1.85 bits per heavy atom. The van der Waals surface area contributed by atoms with Crippen molar-refractivity contribution in [1.82, 2.24) is 5.32 Å². The van der Waals surface area contributed by atoms with Crippen LogP contribution in [0.1, 0.15) is 11.1 Å². The van der Waals surface area contributed by atoms with Crippen molar-refractivity contribution in [3.05, 3.63) is 96.0 Å². The third kappa shape index (κ3) is 7.70. The number of aliphatic imine (C=N–C) groups is 1. The highest BCUT2D eigenvalue weighted by Crippen LogP contribution is 2.07. The molecule has 3 N–H and O–H groups in total. The van der Waals surface area contributed by atoms with Crippen molar-refractivity contribution in [2.75, 3.05) is 6.73 Å². The summed E-state index contributed by atoms with van der Waals surface area (Å²) in [5, 5.41) is 2.52. The van der Waals surface area contributed by atoms with Gasteiger partial charge >= 0.3 is 0 Å². The van der Waals surface area contributed by atoms with Crippen LogP contribution in [0, 0.1) is 5.82 Å². The molecule has 7 heteroatoms. The van der Waals surface area contributed by atoms with Gasteiger partial charge in [0.25, 0.3) is 0 Å². The van der Waals surface area contributed by atoms with Gasteiger partial charge < -0.3 is 20.5 Å². The lowest BCUT2D eigenvalue weighted by Crippen LogP contribution is -2.17. The minimum Gasteiger partial charge on any atom is -0.475 e. The van der Waals surface area contributed by atoms with Gasteiger partial charge in [-0.3, -0.25) is 0 Å². The number of nitrogens with zero attached hydrogens (tertiary/aromatic N) is 1. The standard InChI is InChI=1S/C20H21F2N3O2/c1-15(27-13-17-8-5-9-18(21)10-17)24-11-19(22)20(23)25-14-26-12-16-6-3-2-4-7-16/h2-11,24H,1,12-14H2,(H2,23,25). The first-order valence-corrected chi connectivity index (χ1v) is 8.15. The highest BCUT2D eigenvalue weighted by molar-refractivity contribution is 5.94. The van der Waals surface area contributed by atoms with E-state index >= 15 is 0 Å². The normalized spacial score (nSPS) is 11.9. The highest BCUT2D eigenvalue weighted by Gasteiger charge is 2.02. The Hall–Kier alpha value is -3.19. The van der Waals surface area contributed by atoms with Gasteiger partial charge in [-0.1, -0.05) is 42.5 Å². The van der Waals surface area contributed by atoms with E-state index in [1.54, 1.807) is 12.1 Å². The van der Waals surface area contributed by atoms with Crippen molar-refractivity contribution in [3.63, 3.8) is 0 Å². The number of rotatable bonds is 10. The number of halogens is 2. The summed E-state index contributed by atoms with van der Waals surface area (Å²) in [7, 11) is 0. The lowest BCUT2D eigenvalue weighted by molar-refractivity contribution is 0.128. The number of nitrogens with one attached hydrogen (secondary N) is 1. The number of hydrogen-bond acceptors (Lipinski definition) is 4. The van der Waals surface area contributed by atoms with E-state index < -0.39 is 5.83 Å². The van der Waals surface area contributed by atoms with Gasteiger partial charge in [0.1, 0.15) is 19.2 Å². The van der Waals surface area contributed by atoms with Gasteiger partial charge in [-0.2, -0.15) is 0 Å². The SMILES string of the molecule is C=C(NC=C(F)C(N)=NCOCc1ccccc1)OCc1cccc(F)c1. The molecule has 0 aliphatic rings. The predicted molar refractivity (Wildman–Crippen MR) is 100 cm³/mol. The van der Waals surface area contributed by atoms with Gasteiger partial charge in [-0.05, 0) is 29.8 Å². The summed E-state index contributed by atoms with van der Waals surface area (Å²) < 4.78 is 37.5. The van der Waals surface area contributed by atoms with Crippen LogP contribution in [-0.4, -0.2) is 12.6 Å². The zero-order chi connectivity index (χ0) is 19.5. The average Bonchev–Trinajstić information content (AvgIpc) is 2.68. The van der Waals surface area contributed by atoms with Crippen LogP contribution in [0.25, 0.3) is 0 Å². The molecule has 0 saturated carbocycles. The molecule has 0 aliphatic heterocycles. The van der Waals surface area contributed by atoms with E-state index in [1.807, 2.05) is 30.3 Å². The number of amidine groups is 1. The van der Waals surface area contributed by atoms with Crippen molar-refractivity contribution in [3.8, 4) is 0 Å². The molecule has 0 aliphatic carbocycles. The van der Waals surface area contributed by atoms with Crippen molar-refractivity contribution >= 4 is 5.84 Å². The summed E-state index contributed by atoms with van der Waals surface area (Å²) in [6, 6.07) is 15.5. The summed E-state index contributed by atoms with van der Waals surface area (Å²) >= 11 is 0. The molecule has 0 unspecified atom stereocenters. The van der Waals surface area contributed by atoms with E-state index in [0.717, 1.165) is 11.8 Å². The van der Waals surface area contributed by atoms with Gasteiger partial charge in [0.15, 0.2) is 17.5 Å². The largest absolute Gasteiger partial charge is 0.475 e. The Labute approximate surface area is 156 Å². The molecule has 0 amide bonds. The summed E-state index contributed by atoms with van der Waals surface area (Å²) in [5.74, 6) is -1.37. The smallest absolute Gasteiger partial charge is 0.183 e. The number of benzene rings is 2. The van der Waals surface area contributed by atoms with Crippen LogP contribution in [0.5, 0.6) is 0 Å².